The maximum Gasteiger partial charge on any atom is 0.134 e. The van der Waals surface area contributed by atoms with Crippen LogP contribution in [-0.4, -0.2) is 42.2 Å². The molecular weight excluding hydrogens is 388 g/mol. The molecule has 0 spiro atoms. The molecule has 0 amide bonds. The van der Waals surface area contributed by atoms with E-state index in [0.717, 1.165) is 44.0 Å². The van der Waals surface area contributed by atoms with Crippen molar-refractivity contribution in [3.8, 4) is 5.75 Å². The summed E-state index contributed by atoms with van der Waals surface area (Å²) in [5.41, 5.74) is 2.55. The number of benzene rings is 2. The number of fused-ring (bicyclic) bond motifs is 1. The molecule has 3 aromatic rings. The van der Waals surface area contributed by atoms with E-state index in [1.807, 2.05) is 18.3 Å². The van der Waals surface area contributed by atoms with Crippen LogP contribution in [0.2, 0.25) is 0 Å². The van der Waals surface area contributed by atoms with Crippen LogP contribution in [0.25, 0.3) is 10.8 Å². The fraction of sp³-hybridized carbons (Fsp3) is 0.400. The first kappa shape index (κ1) is 21.2. The molecule has 0 radical (unpaired) electrons. The van der Waals surface area contributed by atoms with Crippen molar-refractivity contribution in [3.63, 3.8) is 0 Å². The number of likely N-dealkylation sites (tertiary alicyclic amines) is 1. The molecule has 0 saturated carbocycles. The summed E-state index contributed by atoms with van der Waals surface area (Å²) in [4.78, 5) is 17.2. The molecule has 1 N–H and O–H groups in total. The number of nitrogens with zero attached hydrogens (tertiary/aromatic N) is 3. The summed E-state index contributed by atoms with van der Waals surface area (Å²) in [6, 6.07) is 17.3. The lowest BCUT2D eigenvalue weighted by molar-refractivity contribution is 0.211. The quantitative estimate of drug-likeness (QED) is 0.384. The normalized spacial score (nSPS) is 15.1. The SMILES string of the molecule is Cc1ccc2ccnc(NC3CCN(Cc4ccc(OCCCN=O)cc4)CC3)c2c1. The Morgan fingerprint density at radius 2 is 1.94 bits per heavy atom. The Morgan fingerprint density at radius 3 is 2.71 bits per heavy atom. The van der Waals surface area contributed by atoms with E-state index < -0.39 is 0 Å². The third kappa shape index (κ3) is 5.79. The van der Waals surface area contributed by atoms with E-state index in [2.05, 4.69) is 63.7 Å². The molecule has 31 heavy (non-hydrogen) atoms. The van der Waals surface area contributed by atoms with Gasteiger partial charge in [-0.05, 0) is 55.0 Å². The van der Waals surface area contributed by atoms with Crippen LogP contribution in [0.15, 0.2) is 59.9 Å². The molecule has 0 unspecified atom stereocenters. The monoisotopic (exact) mass is 418 g/mol. The minimum Gasteiger partial charge on any atom is -0.494 e. The van der Waals surface area contributed by atoms with Gasteiger partial charge in [-0.2, -0.15) is 4.91 Å². The van der Waals surface area contributed by atoms with Crippen LogP contribution >= 0.6 is 0 Å². The van der Waals surface area contributed by atoms with Gasteiger partial charge in [-0.15, -0.1) is 0 Å². The molecule has 4 rings (SSSR count). The zero-order chi connectivity index (χ0) is 21.5. The number of anilines is 1. The molecule has 0 aliphatic carbocycles. The van der Waals surface area contributed by atoms with Crippen LogP contribution in [0.4, 0.5) is 5.82 Å². The number of aromatic nitrogens is 1. The zero-order valence-corrected chi connectivity index (χ0v) is 18.1. The Balaban J connectivity index is 1.27. The van der Waals surface area contributed by atoms with E-state index in [1.54, 1.807) is 0 Å². The number of ether oxygens (including phenoxy) is 1. The second-order valence-electron chi connectivity index (χ2n) is 8.28. The predicted molar refractivity (Wildman–Crippen MR) is 126 cm³/mol. The lowest BCUT2D eigenvalue weighted by atomic mass is 10.0. The van der Waals surface area contributed by atoms with Gasteiger partial charge >= 0.3 is 0 Å². The number of nitrogens with one attached hydrogen (secondary N) is 1. The lowest BCUT2D eigenvalue weighted by Crippen LogP contribution is -2.38. The molecule has 1 aromatic heterocycles. The molecular formula is C25H30N4O2. The van der Waals surface area contributed by atoms with Crippen LogP contribution in [0.5, 0.6) is 5.75 Å². The third-order valence-electron chi connectivity index (χ3n) is 5.84. The van der Waals surface area contributed by atoms with Gasteiger partial charge in [0.1, 0.15) is 11.6 Å². The molecule has 2 heterocycles. The average Bonchev–Trinajstić information content (AvgIpc) is 2.79. The highest BCUT2D eigenvalue weighted by atomic mass is 16.5. The van der Waals surface area contributed by atoms with Crippen molar-refractivity contribution in [2.24, 2.45) is 5.18 Å². The highest BCUT2D eigenvalue weighted by Gasteiger charge is 2.20. The first-order chi connectivity index (χ1) is 15.2. The van der Waals surface area contributed by atoms with Gasteiger partial charge in [0.15, 0.2) is 0 Å². The summed E-state index contributed by atoms with van der Waals surface area (Å²) in [6.45, 7) is 6.04. The maximum absolute atomic E-state index is 10.1. The number of nitroso groups, excluding NO2 is 1. The molecule has 1 fully saturated rings. The van der Waals surface area contributed by atoms with Gasteiger partial charge in [0.2, 0.25) is 0 Å². The van der Waals surface area contributed by atoms with Crippen molar-refractivity contribution in [2.75, 3.05) is 31.6 Å². The number of aryl methyl sites for hydroxylation is 1. The number of hydrogen-bond acceptors (Lipinski definition) is 6. The van der Waals surface area contributed by atoms with Gasteiger partial charge in [-0.3, -0.25) is 4.90 Å². The van der Waals surface area contributed by atoms with E-state index >= 15 is 0 Å². The topological polar surface area (TPSA) is 66.8 Å². The van der Waals surface area contributed by atoms with Crippen molar-refractivity contribution < 1.29 is 4.74 Å². The van der Waals surface area contributed by atoms with Crippen LogP contribution in [-0.2, 0) is 6.54 Å². The zero-order valence-electron chi connectivity index (χ0n) is 18.1. The summed E-state index contributed by atoms with van der Waals surface area (Å²) in [5, 5.41) is 8.97. The fourth-order valence-electron chi connectivity index (χ4n) is 4.09. The Labute approximate surface area is 183 Å². The Hall–Kier alpha value is -2.99. The molecule has 2 aromatic carbocycles. The van der Waals surface area contributed by atoms with E-state index in [-0.39, 0.29) is 0 Å². The van der Waals surface area contributed by atoms with Gasteiger partial charge in [-0.1, -0.05) is 35.0 Å². The minimum atomic E-state index is 0.305. The first-order valence-corrected chi connectivity index (χ1v) is 11.1. The highest BCUT2D eigenvalue weighted by molar-refractivity contribution is 5.92. The molecule has 1 saturated heterocycles. The molecule has 1 aliphatic rings. The van der Waals surface area contributed by atoms with Crippen LogP contribution in [0.3, 0.4) is 0 Å². The van der Waals surface area contributed by atoms with E-state index in [9.17, 15) is 4.91 Å². The second kappa shape index (κ2) is 10.4. The van der Waals surface area contributed by atoms with Gasteiger partial charge < -0.3 is 10.1 Å². The van der Waals surface area contributed by atoms with Crippen LogP contribution < -0.4 is 10.1 Å². The first-order valence-electron chi connectivity index (χ1n) is 11.1. The fourth-order valence-corrected chi connectivity index (χ4v) is 4.09. The summed E-state index contributed by atoms with van der Waals surface area (Å²) < 4.78 is 5.63. The molecule has 0 atom stereocenters. The predicted octanol–water partition coefficient (Wildman–Crippen LogP) is 5.16. The Kier molecular flexibility index (Phi) is 7.10. The summed E-state index contributed by atoms with van der Waals surface area (Å²) in [7, 11) is 0. The Morgan fingerprint density at radius 1 is 1.13 bits per heavy atom. The van der Waals surface area contributed by atoms with E-state index in [0.29, 0.717) is 25.6 Å². The minimum absolute atomic E-state index is 0.305. The molecule has 1 aliphatic heterocycles. The van der Waals surface area contributed by atoms with Crippen LogP contribution in [0.1, 0.15) is 30.4 Å². The van der Waals surface area contributed by atoms with Crippen molar-refractivity contribution >= 4 is 16.6 Å². The number of pyridine rings is 1. The number of piperidine rings is 1. The molecule has 0 bridgehead atoms. The van der Waals surface area contributed by atoms with Crippen molar-refractivity contribution in [3.05, 3.63) is 70.8 Å². The average molecular weight is 419 g/mol. The van der Waals surface area contributed by atoms with Gasteiger partial charge in [0.25, 0.3) is 0 Å². The standard InChI is InChI=1S/C25H30N4O2/c1-19-3-6-21-9-13-26-25(24(21)17-19)28-22-10-14-29(15-11-22)18-20-4-7-23(8-5-20)31-16-2-12-27-30/h3-9,13,17,22H,2,10-12,14-16,18H2,1H3,(H,26,28). The summed E-state index contributed by atoms with van der Waals surface area (Å²) >= 11 is 0. The molecule has 6 nitrogen and oxygen atoms in total. The third-order valence-corrected chi connectivity index (χ3v) is 5.84. The van der Waals surface area contributed by atoms with Crippen molar-refractivity contribution in [2.45, 2.75) is 38.8 Å². The molecule has 162 valence electrons. The molecule has 6 heteroatoms. The number of rotatable bonds is 9. The Bertz CT molecular complexity index is 998. The second-order valence-corrected chi connectivity index (χ2v) is 8.28. The van der Waals surface area contributed by atoms with Crippen molar-refractivity contribution in [1.82, 2.24) is 9.88 Å². The lowest BCUT2D eigenvalue weighted by Gasteiger charge is -2.32. The van der Waals surface area contributed by atoms with Gasteiger partial charge in [0, 0.05) is 43.7 Å². The maximum atomic E-state index is 10.1. The van der Waals surface area contributed by atoms with Gasteiger partial charge in [0.05, 0.1) is 13.2 Å². The van der Waals surface area contributed by atoms with Crippen molar-refractivity contribution in [1.29, 1.82) is 0 Å². The summed E-state index contributed by atoms with van der Waals surface area (Å²) in [5.74, 6) is 1.84. The van der Waals surface area contributed by atoms with E-state index in [1.165, 1.54) is 21.9 Å². The largest absolute Gasteiger partial charge is 0.494 e. The number of hydrogen-bond donors (Lipinski definition) is 1. The van der Waals surface area contributed by atoms with Gasteiger partial charge in [-0.25, -0.2) is 4.98 Å². The van der Waals surface area contributed by atoms with E-state index in [4.69, 9.17) is 4.74 Å². The summed E-state index contributed by atoms with van der Waals surface area (Å²) in [6.07, 6.45) is 4.76. The highest BCUT2D eigenvalue weighted by Crippen LogP contribution is 2.25. The van der Waals surface area contributed by atoms with Crippen LogP contribution in [0, 0.1) is 11.8 Å². The smallest absolute Gasteiger partial charge is 0.134 e.